The normalized spacial score (nSPS) is 15.9. The number of nitrogens with one attached hydrogen (secondary N) is 2. The molecule has 364 valence electrons. The number of esters is 1. The van der Waals surface area contributed by atoms with Crippen LogP contribution < -0.4 is 27.8 Å². The van der Waals surface area contributed by atoms with Crippen LogP contribution in [0.3, 0.4) is 0 Å². The van der Waals surface area contributed by atoms with Gasteiger partial charge in [0.15, 0.2) is 21.1 Å². The zero-order valence-electron chi connectivity index (χ0n) is 36.5. The standard InChI is InChI=1S/C42H43N9O14S4/c1-3-31-32(63-21-48-50-46)19-33(64-31)51-20-23(39(45)49-42(51)55)6-4-5-7-24(52)14-16-66-67-17-15-47-40(53)22-8-9-25(28(18-22)41(54)62-2)34-26-10-12-29(43)37(68(56,57)58)35(26)65-36-27(34)11-13-30(44)38(36)69(59,60)61/h8-13,18,20,31-33,43H,3,5,7,14-17,19,21,44H2,1-2H3,(H,47,53)(H2,45,49,55)(H,56,57,58)(H,59,60,61). The number of ketones is 1. The van der Waals surface area contributed by atoms with Crippen LogP contribution in [0, 0.1) is 17.3 Å². The topological polar surface area (TPSA) is 372 Å². The molecule has 1 fully saturated rings. The van der Waals surface area contributed by atoms with E-state index in [1.165, 1.54) is 62.7 Å². The fourth-order valence-electron chi connectivity index (χ4n) is 7.39. The summed E-state index contributed by atoms with van der Waals surface area (Å²) in [7, 11) is -6.44. The van der Waals surface area contributed by atoms with E-state index in [4.69, 9.17) is 41.0 Å². The summed E-state index contributed by atoms with van der Waals surface area (Å²) in [6, 6.07) is 8.60. The Morgan fingerprint density at radius 3 is 2.48 bits per heavy atom. The molecule has 0 radical (unpaired) electrons. The van der Waals surface area contributed by atoms with Crippen molar-refractivity contribution < 1.29 is 59.0 Å². The predicted molar refractivity (Wildman–Crippen MR) is 253 cm³/mol. The number of ether oxygens (including phenoxy) is 3. The summed E-state index contributed by atoms with van der Waals surface area (Å²) >= 11 is 0. The predicted octanol–water partition coefficient (Wildman–Crippen LogP) is 4.94. The van der Waals surface area contributed by atoms with Gasteiger partial charge in [-0.2, -0.15) is 21.8 Å². The first-order valence-electron chi connectivity index (χ1n) is 20.5. The number of benzene rings is 3. The van der Waals surface area contributed by atoms with Gasteiger partial charge in [0.05, 0.1) is 41.5 Å². The fourth-order valence-corrected chi connectivity index (χ4v) is 10.8. The molecule has 0 spiro atoms. The van der Waals surface area contributed by atoms with E-state index < -0.39 is 82.3 Å². The van der Waals surface area contributed by atoms with Crippen LogP contribution in [0.25, 0.3) is 43.9 Å². The minimum Gasteiger partial charge on any atom is -0.465 e. The highest BCUT2D eigenvalue weighted by atomic mass is 33.1. The summed E-state index contributed by atoms with van der Waals surface area (Å²) in [6.45, 7) is 1.91. The summed E-state index contributed by atoms with van der Waals surface area (Å²) in [4.78, 5) is 56.5. The Morgan fingerprint density at radius 2 is 1.78 bits per heavy atom. The highest BCUT2D eigenvalue weighted by Crippen LogP contribution is 2.46. The maximum absolute atomic E-state index is 13.3. The van der Waals surface area contributed by atoms with Gasteiger partial charge in [-0.25, -0.2) is 9.59 Å². The number of fused-ring (bicyclic) bond motifs is 2. The third kappa shape index (κ3) is 12.0. The Labute approximate surface area is 401 Å². The Kier molecular flexibility index (Phi) is 16.8. The number of carbonyl (C=O) groups is 3. The van der Waals surface area contributed by atoms with Crippen molar-refractivity contribution in [3.05, 3.63) is 91.6 Å². The van der Waals surface area contributed by atoms with Gasteiger partial charge in [0.25, 0.3) is 26.1 Å². The number of nitrogens with two attached hydrogens (primary N) is 2. The minimum atomic E-state index is -5.19. The second-order valence-electron chi connectivity index (χ2n) is 14.9. The molecular weight excluding hydrogens is 983 g/mol. The highest BCUT2D eigenvalue weighted by molar-refractivity contribution is 8.76. The fraction of sp³-hybridized carbons (Fsp3) is 0.333. The van der Waals surface area contributed by atoms with Gasteiger partial charge >= 0.3 is 11.7 Å². The maximum Gasteiger partial charge on any atom is 0.351 e. The maximum atomic E-state index is 13.3. The average molecular weight is 1030 g/mol. The molecule has 0 saturated carbocycles. The average Bonchev–Trinajstić information content (AvgIpc) is 3.71. The van der Waals surface area contributed by atoms with Crippen molar-refractivity contribution in [3.63, 3.8) is 0 Å². The zero-order valence-corrected chi connectivity index (χ0v) is 39.8. The zero-order chi connectivity index (χ0) is 50.2. The first kappa shape index (κ1) is 51.9. The van der Waals surface area contributed by atoms with Gasteiger partial charge in [0, 0.05) is 76.9 Å². The van der Waals surface area contributed by atoms with Gasteiger partial charge in [-0.1, -0.05) is 51.5 Å². The molecule has 3 aromatic rings. The molecule has 3 atom stereocenters. The molecule has 3 heterocycles. The Morgan fingerprint density at radius 1 is 1.06 bits per heavy atom. The number of methoxy groups -OCH3 is 1. The van der Waals surface area contributed by atoms with Crippen molar-refractivity contribution in [2.45, 2.75) is 67.3 Å². The van der Waals surface area contributed by atoms with Crippen molar-refractivity contribution in [1.82, 2.24) is 14.9 Å². The molecule has 3 aliphatic rings. The van der Waals surface area contributed by atoms with Gasteiger partial charge in [0.2, 0.25) is 0 Å². The van der Waals surface area contributed by atoms with Crippen LogP contribution in [0.4, 0.5) is 11.5 Å². The summed E-state index contributed by atoms with van der Waals surface area (Å²) in [5.74, 6) is 4.37. The lowest BCUT2D eigenvalue weighted by Crippen LogP contribution is -2.28. The molecule has 1 saturated heterocycles. The minimum absolute atomic E-state index is 0.00629. The quantitative estimate of drug-likeness (QED) is 0.00609. The largest absolute Gasteiger partial charge is 0.465 e. The van der Waals surface area contributed by atoms with Gasteiger partial charge in [-0.3, -0.25) is 28.7 Å². The molecule has 1 aliphatic carbocycles. The summed E-state index contributed by atoms with van der Waals surface area (Å²) < 4.78 is 94.0. The molecule has 2 aliphatic heterocycles. The van der Waals surface area contributed by atoms with E-state index in [0.29, 0.717) is 24.3 Å². The van der Waals surface area contributed by atoms with Crippen molar-refractivity contribution in [2.75, 3.05) is 43.4 Å². The van der Waals surface area contributed by atoms with Crippen LogP contribution in [0.15, 0.2) is 72.8 Å². The SMILES string of the molecule is CCC1OC(n2cc(C#CCCC(=O)CCSSCCNC(=O)c3ccc(-c4c5ccc(=N)c(S(=O)(=O)O)c-5oc5c(S(=O)(=O)O)c(N)ccc45)c(C(=O)OC)c3)c(N)nc2=O)CC1OCN=[N+]=[N-]. The number of hydrogen-bond acceptors (Lipinski definition) is 19. The molecule has 1 amide bonds. The van der Waals surface area contributed by atoms with E-state index in [2.05, 4.69) is 32.2 Å². The van der Waals surface area contributed by atoms with Gasteiger partial charge in [0.1, 0.15) is 24.6 Å². The third-order valence-electron chi connectivity index (χ3n) is 10.5. The van der Waals surface area contributed by atoms with Crippen molar-refractivity contribution in [2.24, 2.45) is 5.11 Å². The summed E-state index contributed by atoms with van der Waals surface area (Å²) in [6.07, 6.45) is 1.58. The van der Waals surface area contributed by atoms with Crippen LogP contribution in [-0.4, -0.2) is 97.3 Å². The Hall–Kier alpha value is -6.47. The van der Waals surface area contributed by atoms with Crippen molar-refractivity contribution in [3.8, 4) is 34.3 Å². The van der Waals surface area contributed by atoms with Gasteiger partial charge in [-0.15, -0.1) is 0 Å². The van der Waals surface area contributed by atoms with Crippen molar-refractivity contribution in [1.29, 1.82) is 5.41 Å². The monoisotopic (exact) mass is 1030 g/mol. The number of hydrogen-bond donors (Lipinski definition) is 6. The Balaban J connectivity index is 1.06. The van der Waals surface area contributed by atoms with Crippen LogP contribution >= 0.6 is 21.6 Å². The number of carbonyl (C=O) groups excluding carboxylic acids is 3. The summed E-state index contributed by atoms with van der Waals surface area (Å²) in [5, 5.41) is 13.5. The smallest absolute Gasteiger partial charge is 0.351 e. The Bertz CT molecular complexity index is 3270. The lowest BCUT2D eigenvalue weighted by molar-refractivity contribution is -0.118. The first-order valence-corrected chi connectivity index (χ1v) is 25.9. The molecular formula is C42H43N9O14S4. The number of azide groups is 1. The highest BCUT2D eigenvalue weighted by Gasteiger charge is 2.37. The number of aromatic nitrogens is 2. The van der Waals surface area contributed by atoms with Crippen LogP contribution in [-0.2, 0) is 39.2 Å². The number of nitrogens with zero attached hydrogens (tertiary/aromatic N) is 5. The van der Waals surface area contributed by atoms with Crippen LogP contribution in [0.5, 0.6) is 0 Å². The lowest BCUT2D eigenvalue weighted by atomic mass is 9.89. The van der Waals surface area contributed by atoms with E-state index in [-0.39, 0.29) is 89.0 Å². The number of nitrogen functional groups attached to an aromatic ring is 2. The molecule has 1 aromatic heterocycles. The molecule has 6 rings (SSSR count). The van der Waals surface area contributed by atoms with Crippen molar-refractivity contribution >= 4 is 82.0 Å². The van der Waals surface area contributed by atoms with Crippen LogP contribution in [0.2, 0.25) is 0 Å². The number of Topliss-reactive ketones (excluding diaryl/α,β-unsaturated/α-hetero) is 1. The van der Waals surface area contributed by atoms with Gasteiger partial charge in [-0.05, 0) is 53.9 Å². The van der Waals surface area contributed by atoms with E-state index in [1.54, 1.807) is 0 Å². The van der Waals surface area contributed by atoms with E-state index in [1.807, 2.05) is 6.92 Å². The first-order chi connectivity index (χ1) is 32.8. The number of rotatable bonds is 19. The second kappa shape index (κ2) is 22.3. The number of amides is 1. The molecule has 3 unspecified atom stereocenters. The molecule has 23 nitrogen and oxygen atoms in total. The molecule has 2 aromatic carbocycles. The van der Waals surface area contributed by atoms with E-state index >= 15 is 0 Å². The molecule has 0 bridgehead atoms. The second-order valence-corrected chi connectivity index (χ2v) is 20.3. The van der Waals surface area contributed by atoms with Gasteiger partial charge < -0.3 is 35.4 Å². The van der Waals surface area contributed by atoms with E-state index in [9.17, 15) is 45.1 Å². The lowest BCUT2D eigenvalue weighted by Gasteiger charge is -2.20. The van der Waals surface area contributed by atoms with Crippen LogP contribution in [0.1, 0.15) is 71.5 Å². The number of anilines is 2. The molecule has 27 heteroatoms. The molecule has 8 N–H and O–H groups in total. The van der Waals surface area contributed by atoms with E-state index in [0.717, 1.165) is 19.2 Å². The summed E-state index contributed by atoms with van der Waals surface area (Å²) in [5.41, 5.74) is 18.5. The molecule has 69 heavy (non-hydrogen) atoms. The third-order valence-corrected chi connectivity index (χ3v) is 14.8.